The molecule has 138 valence electrons. The molecule has 4 rings (SSSR count). The lowest BCUT2D eigenvalue weighted by atomic mass is 9.95. The molecule has 0 bridgehead atoms. The smallest absolute Gasteiger partial charge is 0.255 e. The molecule has 2 aliphatic heterocycles. The van der Waals surface area contributed by atoms with E-state index in [1.165, 1.54) is 0 Å². The minimum atomic E-state index is -0.650. The molecule has 1 aromatic rings. The highest BCUT2D eigenvalue weighted by Gasteiger charge is 2.42. The van der Waals surface area contributed by atoms with Crippen molar-refractivity contribution < 1.29 is 14.4 Å². The minimum absolute atomic E-state index is 0.0461. The van der Waals surface area contributed by atoms with Gasteiger partial charge in [-0.15, -0.1) is 0 Å². The normalized spacial score (nSPS) is 26.4. The number of amides is 3. The van der Waals surface area contributed by atoms with E-state index < -0.39 is 11.7 Å². The molecule has 1 saturated carbocycles. The van der Waals surface area contributed by atoms with E-state index >= 15 is 0 Å². The minimum Gasteiger partial charge on any atom is -0.362 e. The second-order valence-electron chi connectivity index (χ2n) is 7.50. The number of hydrogen-bond acceptors (Lipinski definition) is 4. The summed E-state index contributed by atoms with van der Waals surface area (Å²) in [6, 6.07) is 7.15. The van der Waals surface area contributed by atoms with Gasteiger partial charge in [0, 0.05) is 31.1 Å². The van der Waals surface area contributed by atoms with Gasteiger partial charge in [-0.25, -0.2) is 0 Å². The zero-order valence-corrected chi connectivity index (χ0v) is 14.9. The average Bonchev–Trinajstić information content (AvgIpc) is 3.44. The SMILES string of the molecule is C[C@H](C(=O)NC1CC1)N1CC[C@@]2(CCC1=O)NC(=O)c1ccccc1N2. The summed E-state index contributed by atoms with van der Waals surface area (Å²) in [6.07, 6.45) is 3.38. The van der Waals surface area contributed by atoms with Crippen LogP contribution in [0.4, 0.5) is 5.69 Å². The summed E-state index contributed by atoms with van der Waals surface area (Å²) in [5.74, 6) is -0.266. The first-order valence-corrected chi connectivity index (χ1v) is 9.27. The van der Waals surface area contributed by atoms with Crippen LogP contribution in [0.15, 0.2) is 24.3 Å². The number of carbonyl (C=O) groups is 3. The fraction of sp³-hybridized carbons (Fsp3) is 0.526. The van der Waals surface area contributed by atoms with Gasteiger partial charge in [0.15, 0.2) is 0 Å². The van der Waals surface area contributed by atoms with Gasteiger partial charge in [0.2, 0.25) is 11.8 Å². The van der Waals surface area contributed by atoms with Crippen molar-refractivity contribution in [2.24, 2.45) is 0 Å². The molecule has 1 saturated heterocycles. The summed E-state index contributed by atoms with van der Waals surface area (Å²) in [5.41, 5.74) is 0.752. The molecule has 2 heterocycles. The lowest BCUT2D eigenvalue weighted by Gasteiger charge is -2.40. The fourth-order valence-corrected chi connectivity index (χ4v) is 3.74. The molecule has 2 fully saturated rings. The standard InChI is InChI=1S/C19H24N4O3/c1-12(17(25)20-13-6-7-13)23-11-10-19(9-8-16(23)24)21-15-5-3-2-4-14(15)18(26)22-19/h2-5,12-13,21H,6-11H2,1H3,(H,20,25)(H,22,26)/t12-,19-/m1/s1. The van der Waals surface area contributed by atoms with Gasteiger partial charge in [-0.1, -0.05) is 12.1 Å². The van der Waals surface area contributed by atoms with Crippen molar-refractivity contribution in [2.45, 2.75) is 56.8 Å². The largest absolute Gasteiger partial charge is 0.362 e. The number of rotatable bonds is 3. The van der Waals surface area contributed by atoms with Crippen molar-refractivity contribution in [1.29, 1.82) is 0 Å². The van der Waals surface area contributed by atoms with Crippen LogP contribution in [0.1, 0.15) is 49.4 Å². The molecule has 0 radical (unpaired) electrons. The Morgan fingerprint density at radius 2 is 2.00 bits per heavy atom. The topological polar surface area (TPSA) is 90.5 Å². The first-order valence-electron chi connectivity index (χ1n) is 9.27. The highest BCUT2D eigenvalue weighted by molar-refractivity contribution is 6.02. The molecule has 26 heavy (non-hydrogen) atoms. The number of nitrogens with one attached hydrogen (secondary N) is 3. The van der Waals surface area contributed by atoms with Gasteiger partial charge >= 0.3 is 0 Å². The molecular formula is C19H24N4O3. The predicted octanol–water partition coefficient (Wildman–Crippen LogP) is 1.22. The molecule has 0 aromatic heterocycles. The third-order valence-electron chi connectivity index (χ3n) is 5.53. The molecule has 2 atom stereocenters. The maximum absolute atomic E-state index is 12.6. The molecule has 1 spiro atoms. The Hall–Kier alpha value is -2.57. The monoisotopic (exact) mass is 356 g/mol. The zero-order valence-electron chi connectivity index (χ0n) is 14.9. The van der Waals surface area contributed by atoms with Crippen molar-refractivity contribution in [3.8, 4) is 0 Å². The van der Waals surface area contributed by atoms with E-state index in [0.717, 1.165) is 18.5 Å². The Kier molecular flexibility index (Phi) is 4.09. The summed E-state index contributed by atoms with van der Waals surface area (Å²) in [4.78, 5) is 39.1. The van der Waals surface area contributed by atoms with Crippen molar-refractivity contribution in [3.05, 3.63) is 29.8 Å². The lowest BCUT2D eigenvalue weighted by Crippen LogP contribution is -2.58. The number of anilines is 1. The van der Waals surface area contributed by atoms with Gasteiger partial charge in [0.05, 0.1) is 5.56 Å². The maximum Gasteiger partial charge on any atom is 0.255 e. The molecular weight excluding hydrogens is 332 g/mol. The number of fused-ring (bicyclic) bond motifs is 1. The lowest BCUT2D eigenvalue weighted by molar-refractivity contribution is -0.139. The Balaban J connectivity index is 1.49. The van der Waals surface area contributed by atoms with Crippen LogP contribution in [0.3, 0.4) is 0 Å². The first-order chi connectivity index (χ1) is 12.5. The first kappa shape index (κ1) is 16.9. The van der Waals surface area contributed by atoms with E-state index in [9.17, 15) is 14.4 Å². The predicted molar refractivity (Wildman–Crippen MR) is 96.5 cm³/mol. The summed E-state index contributed by atoms with van der Waals surface area (Å²) < 4.78 is 0. The highest BCUT2D eigenvalue weighted by atomic mass is 16.2. The van der Waals surface area contributed by atoms with Crippen molar-refractivity contribution in [2.75, 3.05) is 11.9 Å². The van der Waals surface area contributed by atoms with Gasteiger partial charge in [0.1, 0.15) is 11.7 Å². The molecule has 7 nitrogen and oxygen atoms in total. The summed E-state index contributed by atoms with van der Waals surface area (Å²) in [6.45, 7) is 2.20. The molecule has 3 aliphatic rings. The summed E-state index contributed by atoms with van der Waals surface area (Å²) in [7, 11) is 0. The van der Waals surface area contributed by atoms with Crippen molar-refractivity contribution in [3.63, 3.8) is 0 Å². The third-order valence-corrected chi connectivity index (χ3v) is 5.53. The summed E-state index contributed by atoms with van der Waals surface area (Å²) >= 11 is 0. The Bertz CT molecular complexity index is 761. The zero-order chi connectivity index (χ0) is 18.3. The Morgan fingerprint density at radius 1 is 1.23 bits per heavy atom. The average molecular weight is 356 g/mol. The quantitative estimate of drug-likeness (QED) is 0.759. The van der Waals surface area contributed by atoms with Crippen molar-refractivity contribution in [1.82, 2.24) is 15.5 Å². The van der Waals surface area contributed by atoms with E-state index in [0.29, 0.717) is 24.9 Å². The van der Waals surface area contributed by atoms with Gasteiger partial charge in [-0.05, 0) is 38.3 Å². The second-order valence-corrected chi connectivity index (χ2v) is 7.50. The van der Waals surface area contributed by atoms with Gasteiger partial charge in [0.25, 0.3) is 5.91 Å². The van der Waals surface area contributed by atoms with Crippen LogP contribution < -0.4 is 16.0 Å². The van der Waals surface area contributed by atoms with Crippen LogP contribution in [0.2, 0.25) is 0 Å². The van der Waals surface area contributed by atoms with Crippen LogP contribution in [-0.4, -0.2) is 46.9 Å². The van der Waals surface area contributed by atoms with Crippen molar-refractivity contribution >= 4 is 23.4 Å². The highest BCUT2D eigenvalue weighted by Crippen LogP contribution is 2.32. The Labute approximate surface area is 152 Å². The molecule has 7 heteroatoms. The van der Waals surface area contributed by atoms with Gasteiger partial charge in [-0.2, -0.15) is 0 Å². The number of likely N-dealkylation sites (tertiary alicyclic amines) is 1. The maximum atomic E-state index is 12.6. The van der Waals surface area contributed by atoms with E-state index in [-0.39, 0.29) is 30.2 Å². The fourth-order valence-electron chi connectivity index (χ4n) is 3.74. The third kappa shape index (κ3) is 3.13. The van der Waals surface area contributed by atoms with Crippen LogP contribution in [0.5, 0.6) is 0 Å². The van der Waals surface area contributed by atoms with Crippen LogP contribution in [0.25, 0.3) is 0 Å². The van der Waals surface area contributed by atoms with E-state index in [1.54, 1.807) is 17.9 Å². The van der Waals surface area contributed by atoms with Crippen LogP contribution in [0, 0.1) is 0 Å². The van der Waals surface area contributed by atoms with E-state index in [1.807, 2.05) is 18.2 Å². The molecule has 1 aliphatic carbocycles. The van der Waals surface area contributed by atoms with Gasteiger partial charge < -0.3 is 20.9 Å². The molecule has 3 N–H and O–H groups in total. The van der Waals surface area contributed by atoms with Gasteiger partial charge in [-0.3, -0.25) is 14.4 Å². The summed E-state index contributed by atoms with van der Waals surface area (Å²) in [5, 5.41) is 9.44. The molecule has 0 unspecified atom stereocenters. The molecule has 1 aromatic carbocycles. The van der Waals surface area contributed by atoms with Crippen LogP contribution in [-0.2, 0) is 9.59 Å². The van der Waals surface area contributed by atoms with E-state index in [2.05, 4.69) is 16.0 Å². The number of carbonyl (C=O) groups excluding carboxylic acids is 3. The number of benzene rings is 1. The number of hydrogen-bond donors (Lipinski definition) is 3. The number of para-hydroxylation sites is 1. The van der Waals surface area contributed by atoms with Crippen LogP contribution >= 0.6 is 0 Å². The van der Waals surface area contributed by atoms with E-state index in [4.69, 9.17) is 0 Å². The second kappa shape index (κ2) is 6.30. The molecule has 3 amide bonds. The number of nitrogens with zero attached hydrogens (tertiary/aromatic N) is 1. The Morgan fingerprint density at radius 3 is 2.77 bits per heavy atom.